The van der Waals surface area contributed by atoms with Gasteiger partial charge >= 0.3 is 322 Å². The van der Waals surface area contributed by atoms with E-state index in [1.807, 2.05) is 0 Å². The standard InChI is InChI=1S/C59H62IN/c1-56(2,3)43-33-47-46-35-50-48(36-49(46)59(9,10)55(47)52(34-43)57(4,5)6)54-51(58(50,7)8)31-38(37-60(11)12)32-53(54)61(44-27-23-41(24-28-44)39-19-15-13-16-20-39)45-29-25-42(26-30-45)40-21-17-14-18-22-40/h13-36H,37H2,1-12H3. The van der Waals surface area contributed by atoms with E-state index in [0.29, 0.717) is 0 Å². The van der Waals surface area contributed by atoms with Crippen LogP contribution in [-0.2, 0) is 26.1 Å². The molecule has 0 saturated heterocycles. The van der Waals surface area contributed by atoms with Crippen LogP contribution in [0.25, 0.3) is 44.5 Å². The molecule has 0 unspecified atom stereocenters. The number of hydrogen-bond acceptors (Lipinski definition) is 1. The third-order valence-electron chi connectivity index (χ3n) is 13.5. The molecule has 0 N–H and O–H groups in total. The van der Waals surface area contributed by atoms with E-state index < -0.39 is 19.8 Å². The third-order valence-corrected chi connectivity index (χ3v) is 15.9. The van der Waals surface area contributed by atoms with Crippen molar-refractivity contribution >= 4 is 36.9 Å². The van der Waals surface area contributed by atoms with Gasteiger partial charge in [-0.05, 0) is 0 Å². The minimum atomic E-state index is -1.14. The molecule has 7 aromatic rings. The predicted molar refractivity (Wildman–Crippen MR) is 274 cm³/mol. The molecule has 310 valence electrons. The summed E-state index contributed by atoms with van der Waals surface area (Å²) in [4.78, 5) is 7.56. The molecule has 0 aromatic heterocycles. The van der Waals surface area contributed by atoms with E-state index in [1.165, 1.54) is 105 Å². The van der Waals surface area contributed by atoms with Gasteiger partial charge in [-0.15, -0.1) is 0 Å². The molecule has 2 heteroatoms. The molecule has 0 spiro atoms. The first-order valence-corrected chi connectivity index (χ1v) is 27.8. The summed E-state index contributed by atoms with van der Waals surface area (Å²) in [5.41, 5.74) is 24.0. The number of halogens is 1. The predicted octanol–water partition coefficient (Wildman–Crippen LogP) is 17.0. The molecule has 0 saturated carbocycles. The first-order chi connectivity index (χ1) is 28.8. The van der Waals surface area contributed by atoms with Gasteiger partial charge in [-0.2, -0.15) is 0 Å². The van der Waals surface area contributed by atoms with Crippen LogP contribution in [0.2, 0.25) is 0 Å². The average Bonchev–Trinajstić information content (AvgIpc) is 3.59. The van der Waals surface area contributed by atoms with Crippen LogP contribution in [0.15, 0.2) is 146 Å². The third kappa shape index (κ3) is 7.17. The van der Waals surface area contributed by atoms with Crippen molar-refractivity contribution in [2.45, 2.75) is 95.3 Å². The summed E-state index contributed by atoms with van der Waals surface area (Å²) in [7, 11) is 0. The number of anilines is 3. The zero-order valence-electron chi connectivity index (χ0n) is 38.4. The summed E-state index contributed by atoms with van der Waals surface area (Å²) < 4.78 is 1.17. The van der Waals surface area contributed by atoms with Gasteiger partial charge in [0.25, 0.3) is 0 Å². The van der Waals surface area contributed by atoms with Gasteiger partial charge in [0.15, 0.2) is 0 Å². The normalized spacial score (nSPS) is 14.9. The molecule has 0 heterocycles. The maximum absolute atomic E-state index is 2.62. The second-order valence-electron chi connectivity index (χ2n) is 20.9. The van der Waals surface area contributed by atoms with Crippen LogP contribution in [0.4, 0.5) is 17.1 Å². The fourth-order valence-corrected chi connectivity index (χ4v) is 12.4. The van der Waals surface area contributed by atoms with Gasteiger partial charge < -0.3 is 0 Å². The zero-order valence-corrected chi connectivity index (χ0v) is 40.5. The first-order valence-electron chi connectivity index (χ1n) is 22.0. The van der Waals surface area contributed by atoms with Crippen molar-refractivity contribution in [3.05, 3.63) is 185 Å². The molecule has 2 aliphatic carbocycles. The second kappa shape index (κ2) is 14.9. The molecule has 0 aliphatic heterocycles. The number of alkyl halides is 3. The maximum atomic E-state index is 2.62. The van der Waals surface area contributed by atoms with E-state index in [0.717, 1.165) is 0 Å². The van der Waals surface area contributed by atoms with Crippen LogP contribution in [0, 0.1) is 0 Å². The summed E-state index contributed by atoms with van der Waals surface area (Å²) in [6.07, 6.45) is 0. The molecule has 0 fully saturated rings. The van der Waals surface area contributed by atoms with Crippen LogP contribution in [0.5, 0.6) is 0 Å². The first kappa shape index (κ1) is 41.4. The van der Waals surface area contributed by atoms with Gasteiger partial charge in [0.05, 0.1) is 0 Å². The van der Waals surface area contributed by atoms with E-state index in [1.54, 1.807) is 0 Å². The monoisotopic (exact) mass is 911 g/mol. The molecule has 1 nitrogen and oxygen atoms in total. The number of fused-ring (bicyclic) bond motifs is 6. The van der Waals surface area contributed by atoms with Crippen molar-refractivity contribution in [3.63, 3.8) is 0 Å². The summed E-state index contributed by atoms with van der Waals surface area (Å²) in [5, 5.41) is 0. The van der Waals surface area contributed by atoms with Gasteiger partial charge in [-0.3, -0.25) is 0 Å². The van der Waals surface area contributed by atoms with Crippen LogP contribution in [0.3, 0.4) is 0 Å². The summed E-state index contributed by atoms with van der Waals surface area (Å²) >= 11 is -1.14. The van der Waals surface area contributed by atoms with E-state index in [9.17, 15) is 0 Å². The van der Waals surface area contributed by atoms with Gasteiger partial charge in [0.1, 0.15) is 0 Å². The van der Waals surface area contributed by atoms with Crippen LogP contribution in [-0.4, -0.2) is 9.86 Å². The van der Waals surface area contributed by atoms with Crippen molar-refractivity contribution < 1.29 is 0 Å². The van der Waals surface area contributed by atoms with Crippen LogP contribution >= 0.6 is 19.8 Å². The quantitative estimate of drug-likeness (QED) is 0.114. The Kier molecular flexibility index (Phi) is 10.1. The van der Waals surface area contributed by atoms with Crippen LogP contribution in [0.1, 0.15) is 108 Å². The Bertz CT molecular complexity index is 2690. The number of hydrogen-bond donors (Lipinski definition) is 0. The van der Waals surface area contributed by atoms with Crippen molar-refractivity contribution in [1.29, 1.82) is 0 Å². The molecule has 61 heavy (non-hydrogen) atoms. The zero-order chi connectivity index (χ0) is 43.2. The van der Waals surface area contributed by atoms with Gasteiger partial charge in [0.2, 0.25) is 0 Å². The Hall–Kier alpha value is -4.93. The number of rotatable bonds is 7. The Morgan fingerprint density at radius 3 is 1.46 bits per heavy atom. The van der Waals surface area contributed by atoms with Crippen molar-refractivity contribution in [1.82, 2.24) is 0 Å². The molecule has 0 amide bonds. The average molecular weight is 912 g/mol. The van der Waals surface area contributed by atoms with Crippen molar-refractivity contribution in [3.8, 4) is 44.5 Å². The molecule has 0 bridgehead atoms. The second-order valence-corrected chi connectivity index (χ2v) is 26.9. The molecule has 9 rings (SSSR count). The van der Waals surface area contributed by atoms with E-state index in [-0.39, 0.29) is 21.7 Å². The molecular formula is C59H62IN. The molecule has 0 atom stereocenters. The minimum Gasteiger partial charge on any atom is -0.0561 e. The van der Waals surface area contributed by atoms with Crippen LogP contribution < -0.4 is 4.90 Å². The van der Waals surface area contributed by atoms with Gasteiger partial charge in [-0.1, -0.05) is 53.7 Å². The Morgan fingerprint density at radius 1 is 0.475 bits per heavy atom. The summed E-state index contributed by atoms with van der Waals surface area (Å²) in [6, 6.07) is 55.4. The molecule has 7 aromatic carbocycles. The number of nitrogens with zero attached hydrogens (tertiary/aromatic N) is 1. The fraction of sp³-hybridized carbons (Fsp3) is 0.288. The van der Waals surface area contributed by atoms with Crippen molar-refractivity contribution in [2.75, 3.05) is 14.8 Å². The van der Waals surface area contributed by atoms with Gasteiger partial charge in [-0.25, -0.2) is 0 Å². The Balaban J connectivity index is 1.30. The van der Waals surface area contributed by atoms with E-state index >= 15 is 0 Å². The Labute approximate surface area is 373 Å². The minimum absolute atomic E-state index is 0.00952. The van der Waals surface area contributed by atoms with Crippen molar-refractivity contribution in [2.24, 2.45) is 0 Å². The molecular weight excluding hydrogens is 850 g/mol. The number of benzene rings is 7. The van der Waals surface area contributed by atoms with E-state index in [2.05, 4.69) is 230 Å². The van der Waals surface area contributed by atoms with E-state index in [4.69, 9.17) is 0 Å². The Morgan fingerprint density at radius 2 is 0.967 bits per heavy atom. The molecule has 0 radical (unpaired) electrons. The topological polar surface area (TPSA) is 3.24 Å². The SMILES string of the molecule is CI(C)Cc1cc(N(c2ccc(-c3ccccc3)cc2)c2ccc(-c3ccccc3)cc2)c2c(c1)C(C)(C)c1cc3c(cc1-2)C(C)(C)c1c-3cc(C(C)(C)C)cc1C(C)(C)C. The summed E-state index contributed by atoms with van der Waals surface area (Å²) in [6.45, 7) is 24.2. The smallest absolute Gasteiger partial charge is 0.0561 e. The van der Waals surface area contributed by atoms with Gasteiger partial charge in [0, 0.05) is 0 Å². The fourth-order valence-electron chi connectivity index (χ4n) is 10.2. The summed E-state index contributed by atoms with van der Waals surface area (Å²) in [5.74, 6) is 0. The molecule has 2 aliphatic rings.